The maximum atomic E-state index is 13.2. The molecule has 28 heavy (non-hydrogen) atoms. The van der Waals surface area contributed by atoms with Crippen molar-refractivity contribution in [2.45, 2.75) is 23.2 Å². The maximum absolute atomic E-state index is 13.2. The number of anilines is 1. The molecule has 1 aliphatic heterocycles. The van der Waals surface area contributed by atoms with Gasteiger partial charge in [0.15, 0.2) is 0 Å². The summed E-state index contributed by atoms with van der Waals surface area (Å²) in [5.74, 6) is 0.756. The van der Waals surface area contributed by atoms with E-state index in [1.54, 1.807) is 18.9 Å². The fraction of sp³-hybridized carbons (Fsp3) is 0.190. The zero-order chi connectivity index (χ0) is 19.7. The van der Waals surface area contributed by atoms with Crippen LogP contribution in [0.1, 0.15) is 17.3 Å². The number of halogens is 1. The van der Waals surface area contributed by atoms with Crippen molar-refractivity contribution >= 4 is 39.3 Å². The molecule has 2 heterocycles. The molecule has 0 radical (unpaired) electrons. The number of nitrogens with one attached hydrogen (secondary N) is 2. The van der Waals surface area contributed by atoms with Gasteiger partial charge in [-0.05, 0) is 61.0 Å². The summed E-state index contributed by atoms with van der Waals surface area (Å²) in [5, 5.41) is 3.75. The predicted octanol–water partition coefficient (Wildman–Crippen LogP) is 4.97. The fourth-order valence-electron chi connectivity index (χ4n) is 3.19. The molecule has 0 saturated carbocycles. The number of carbonyl (C=O) groups is 1. The van der Waals surface area contributed by atoms with Crippen molar-refractivity contribution in [1.29, 1.82) is 0 Å². The summed E-state index contributed by atoms with van der Waals surface area (Å²) in [7, 11) is 1.65. The van der Waals surface area contributed by atoms with E-state index in [2.05, 4.69) is 32.7 Å². The molecule has 0 fully saturated rings. The molecular weight excluding hydrogens is 438 g/mol. The van der Waals surface area contributed by atoms with Crippen LogP contribution in [0.25, 0.3) is 0 Å². The standard InChI is InChI=1S/C21H20BrN3O2S/c1-13-3-12-18-25(13)24-19(14-4-10-17(27-2)11-5-14)20(28-18)21(26)23-16-8-6-15(22)7-9-16/h3-12,19-20,24H,1-2H3,(H,23,26)/t19-,20-/m1/s1. The third kappa shape index (κ3) is 3.77. The van der Waals surface area contributed by atoms with Gasteiger partial charge in [0.2, 0.25) is 5.91 Å². The number of carbonyl (C=O) groups excluding carboxylic acids is 1. The second kappa shape index (κ2) is 7.93. The number of amides is 1. The van der Waals surface area contributed by atoms with Crippen molar-refractivity contribution in [1.82, 2.24) is 4.68 Å². The molecule has 0 bridgehead atoms. The number of rotatable bonds is 4. The molecule has 1 amide bonds. The Labute approximate surface area is 176 Å². The third-order valence-electron chi connectivity index (χ3n) is 4.70. The summed E-state index contributed by atoms with van der Waals surface area (Å²) in [6, 6.07) is 19.4. The van der Waals surface area contributed by atoms with Crippen LogP contribution in [0.5, 0.6) is 5.75 Å². The molecule has 3 aromatic rings. The van der Waals surface area contributed by atoms with Gasteiger partial charge in [-0.3, -0.25) is 9.47 Å². The summed E-state index contributed by atoms with van der Waals surface area (Å²) < 4.78 is 8.29. The number of nitrogens with zero attached hydrogens (tertiary/aromatic N) is 1. The molecule has 7 heteroatoms. The first-order valence-electron chi connectivity index (χ1n) is 8.87. The van der Waals surface area contributed by atoms with Gasteiger partial charge in [0, 0.05) is 15.9 Å². The molecule has 0 unspecified atom stereocenters. The summed E-state index contributed by atoms with van der Waals surface area (Å²) in [6.45, 7) is 2.05. The Balaban J connectivity index is 1.64. The van der Waals surface area contributed by atoms with Crippen LogP contribution in [0.3, 0.4) is 0 Å². The van der Waals surface area contributed by atoms with Crippen molar-refractivity contribution in [2.75, 3.05) is 17.9 Å². The highest BCUT2D eigenvalue weighted by molar-refractivity contribution is 9.10. The molecule has 0 aliphatic carbocycles. The van der Waals surface area contributed by atoms with Crippen molar-refractivity contribution < 1.29 is 9.53 Å². The van der Waals surface area contributed by atoms with Crippen LogP contribution in [-0.2, 0) is 4.79 Å². The minimum absolute atomic E-state index is 0.0363. The van der Waals surface area contributed by atoms with Gasteiger partial charge >= 0.3 is 0 Å². The molecule has 2 aromatic carbocycles. The summed E-state index contributed by atoms with van der Waals surface area (Å²) >= 11 is 4.99. The second-order valence-corrected chi connectivity index (χ2v) is 8.64. The van der Waals surface area contributed by atoms with E-state index in [1.165, 1.54) is 0 Å². The zero-order valence-electron chi connectivity index (χ0n) is 15.5. The predicted molar refractivity (Wildman–Crippen MR) is 117 cm³/mol. The largest absolute Gasteiger partial charge is 0.497 e. The first kappa shape index (κ1) is 19.0. The molecule has 2 atom stereocenters. The van der Waals surface area contributed by atoms with Crippen LogP contribution in [-0.4, -0.2) is 22.9 Å². The molecule has 5 nitrogen and oxygen atoms in total. The van der Waals surface area contributed by atoms with E-state index in [0.29, 0.717) is 0 Å². The van der Waals surface area contributed by atoms with Gasteiger partial charge in [-0.15, -0.1) is 0 Å². The minimum Gasteiger partial charge on any atom is -0.497 e. The van der Waals surface area contributed by atoms with Crippen LogP contribution in [0.2, 0.25) is 0 Å². The summed E-state index contributed by atoms with van der Waals surface area (Å²) in [5.41, 5.74) is 6.42. The van der Waals surface area contributed by atoms with Crippen molar-refractivity contribution in [3.63, 3.8) is 0 Å². The molecule has 1 aliphatic rings. The average molecular weight is 458 g/mol. The zero-order valence-corrected chi connectivity index (χ0v) is 17.9. The fourth-order valence-corrected chi connectivity index (χ4v) is 4.68. The van der Waals surface area contributed by atoms with Crippen LogP contribution in [0, 0.1) is 6.92 Å². The van der Waals surface area contributed by atoms with E-state index in [-0.39, 0.29) is 17.2 Å². The Morgan fingerprint density at radius 3 is 2.50 bits per heavy atom. The SMILES string of the molecule is COc1ccc([C@H]2Nn3c(C)ccc3S[C@H]2C(=O)Nc2ccc(Br)cc2)cc1. The lowest BCUT2D eigenvalue weighted by Crippen LogP contribution is -2.41. The van der Waals surface area contributed by atoms with Crippen LogP contribution in [0.15, 0.2) is 70.2 Å². The lowest BCUT2D eigenvalue weighted by molar-refractivity contribution is -0.116. The number of benzene rings is 2. The number of fused-ring (bicyclic) bond motifs is 1. The van der Waals surface area contributed by atoms with E-state index in [4.69, 9.17) is 4.74 Å². The third-order valence-corrected chi connectivity index (χ3v) is 6.53. The quantitative estimate of drug-likeness (QED) is 0.580. The van der Waals surface area contributed by atoms with E-state index in [1.807, 2.05) is 66.2 Å². The van der Waals surface area contributed by atoms with Crippen molar-refractivity contribution in [3.8, 4) is 5.75 Å². The highest BCUT2D eigenvalue weighted by Gasteiger charge is 2.36. The van der Waals surface area contributed by atoms with Gasteiger partial charge in [-0.25, -0.2) is 0 Å². The summed E-state index contributed by atoms with van der Waals surface area (Å²) in [6.07, 6.45) is 0. The first-order valence-corrected chi connectivity index (χ1v) is 10.5. The Bertz CT molecular complexity index is 986. The Hall–Kier alpha value is -2.38. The lowest BCUT2D eigenvalue weighted by Gasteiger charge is -2.34. The number of ether oxygens (including phenoxy) is 1. The van der Waals surface area contributed by atoms with Crippen molar-refractivity contribution in [2.24, 2.45) is 0 Å². The second-order valence-electron chi connectivity index (χ2n) is 6.56. The van der Waals surface area contributed by atoms with Gasteiger partial charge in [0.1, 0.15) is 11.0 Å². The smallest absolute Gasteiger partial charge is 0.240 e. The average Bonchev–Trinajstić information content (AvgIpc) is 3.09. The number of thioether (sulfide) groups is 1. The van der Waals surface area contributed by atoms with E-state index >= 15 is 0 Å². The van der Waals surface area contributed by atoms with Crippen LogP contribution < -0.4 is 15.5 Å². The Morgan fingerprint density at radius 1 is 1.11 bits per heavy atom. The monoisotopic (exact) mass is 457 g/mol. The minimum atomic E-state index is -0.321. The topological polar surface area (TPSA) is 55.3 Å². The van der Waals surface area contributed by atoms with Crippen LogP contribution in [0.4, 0.5) is 5.69 Å². The highest BCUT2D eigenvalue weighted by atomic mass is 79.9. The molecule has 0 saturated heterocycles. The van der Waals surface area contributed by atoms with Crippen LogP contribution >= 0.6 is 27.7 Å². The Morgan fingerprint density at radius 2 is 1.82 bits per heavy atom. The van der Waals surface area contributed by atoms with E-state index in [9.17, 15) is 4.79 Å². The number of aryl methyl sites for hydroxylation is 1. The number of methoxy groups -OCH3 is 1. The lowest BCUT2D eigenvalue weighted by atomic mass is 10.0. The van der Waals surface area contributed by atoms with E-state index in [0.717, 1.165) is 32.2 Å². The van der Waals surface area contributed by atoms with E-state index < -0.39 is 0 Å². The van der Waals surface area contributed by atoms with Crippen molar-refractivity contribution in [3.05, 3.63) is 76.4 Å². The normalized spacial score (nSPS) is 18.1. The maximum Gasteiger partial charge on any atom is 0.240 e. The Kier molecular flexibility index (Phi) is 5.37. The summed E-state index contributed by atoms with van der Waals surface area (Å²) in [4.78, 5) is 13.2. The molecule has 0 spiro atoms. The number of hydrogen-bond donors (Lipinski definition) is 2. The van der Waals surface area contributed by atoms with Gasteiger partial charge in [-0.1, -0.05) is 39.8 Å². The highest BCUT2D eigenvalue weighted by Crippen LogP contribution is 2.39. The van der Waals surface area contributed by atoms with Gasteiger partial charge < -0.3 is 15.5 Å². The molecule has 144 valence electrons. The van der Waals surface area contributed by atoms with Gasteiger partial charge in [0.25, 0.3) is 0 Å². The van der Waals surface area contributed by atoms with Gasteiger partial charge in [0.05, 0.1) is 18.2 Å². The number of aromatic nitrogens is 1. The first-order chi connectivity index (χ1) is 13.5. The molecular formula is C21H20BrN3O2S. The molecule has 1 aromatic heterocycles. The molecule has 4 rings (SSSR count). The molecule has 2 N–H and O–H groups in total. The number of hydrogen-bond acceptors (Lipinski definition) is 4. The van der Waals surface area contributed by atoms with Gasteiger partial charge in [-0.2, -0.15) is 0 Å².